The molecule has 13 heteroatoms. The molecule has 2 amide bonds. The predicted octanol–water partition coefficient (Wildman–Crippen LogP) is 0.812. The molecule has 3 heterocycles. The van der Waals surface area contributed by atoms with E-state index in [-0.39, 0.29) is 55.6 Å². The number of hydrogen-bond acceptors (Lipinski definition) is 10. The maximum Gasteiger partial charge on any atom is 0.320 e. The normalized spacial score (nSPS) is 26.4. The Bertz CT molecular complexity index is 1070. The van der Waals surface area contributed by atoms with Gasteiger partial charge in [0.25, 0.3) is 0 Å². The van der Waals surface area contributed by atoms with Crippen LogP contribution < -0.4 is 10.6 Å². The molecule has 35 heavy (non-hydrogen) atoms. The van der Waals surface area contributed by atoms with E-state index in [0.29, 0.717) is 36.8 Å². The van der Waals surface area contributed by atoms with Gasteiger partial charge in [-0.2, -0.15) is 0 Å². The first-order valence-corrected chi connectivity index (χ1v) is 11.7. The summed E-state index contributed by atoms with van der Waals surface area (Å²) in [6, 6.07) is -0.518. The average molecular weight is 491 g/mol. The molecule has 0 bridgehead atoms. The van der Waals surface area contributed by atoms with Gasteiger partial charge in [-0.1, -0.05) is 0 Å². The van der Waals surface area contributed by atoms with Crippen molar-refractivity contribution < 1.29 is 34.1 Å². The second-order valence-corrected chi connectivity index (χ2v) is 8.93. The number of esters is 1. The Kier molecular flexibility index (Phi) is 7.88. The van der Waals surface area contributed by atoms with Crippen molar-refractivity contribution in [1.82, 2.24) is 24.8 Å². The molecule has 1 saturated heterocycles. The van der Waals surface area contributed by atoms with Crippen LogP contribution in [-0.4, -0.2) is 78.5 Å². The van der Waals surface area contributed by atoms with Gasteiger partial charge in [-0.05, 0) is 32.6 Å². The molecule has 1 aliphatic carbocycles. The molecule has 0 unspecified atom stereocenters. The molecule has 190 valence electrons. The average Bonchev–Trinajstić information content (AvgIpc) is 3.42. The maximum atomic E-state index is 12.6. The minimum Gasteiger partial charge on any atom is -0.462 e. The zero-order valence-corrected chi connectivity index (χ0v) is 19.4. The van der Waals surface area contributed by atoms with Crippen LogP contribution in [0, 0.1) is 0 Å². The van der Waals surface area contributed by atoms with Crippen molar-refractivity contribution >= 4 is 34.8 Å². The van der Waals surface area contributed by atoms with E-state index in [4.69, 9.17) is 9.47 Å². The lowest BCUT2D eigenvalue weighted by Crippen LogP contribution is -2.41. The third-order valence-electron chi connectivity index (χ3n) is 6.27. The van der Waals surface area contributed by atoms with Crippen molar-refractivity contribution in [2.75, 3.05) is 11.9 Å². The van der Waals surface area contributed by atoms with E-state index >= 15 is 0 Å². The van der Waals surface area contributed by atoms with E-state index in [1.54, 1.807) is 4.57 Å². The van der Waals surface area contributed by atoms with E-state index in [0.717, 1.165) is 0 Å². The number of imidazole rings is 1. The second kappa shape index (κ2) is 11.1. The fraction of sp³-hybridized carbons (Fsp3) is 0.636. The van der Waals surface area contributed by atoms with Gasteiger partial charge in [-0.25, -0.2) is 19.7 Å². The van der Waals surface area contributed by atoms with Gasteiger partial charge in [0.15, 0.2) is 17.0 Å². The molecule has 0 spiro atoms. The highest BCUT2D eigenvalue weighted by atomic mass is 16.5. The van der Waals surface area contributed by atoms with E-state index < -0.39 is 24.5 Å². The van der Waals surface area contributed by atoms with Gasteiger partial charge in [-0.15, -0.1) is 0 Å². The molecule has 1 saturated carbocycles. The Morgan fingerprint density at radius 3 is 2.63 bits per heavy atom. The fourth-order valence-corrected chi connectivity index (χ4v) is 4.38. The molecule has 4 rings (SSSR count). The lowest BCUT2D eigenvalue weighted by molar-refractivity contribution is -0.151. The summed E-state index contributed by atoms with van der Waals surface area (Å²) < 4.78 is 12.7. The van der Waals surface area contributed by atoms with Gasteiger partial charge in [0.2, 0.25) is 0 Å². The van der Waals surface area contributed by atoms with Crippen LogP contribution in [0.4, 0.5) is 10.6 Å². The van der Waals surface area contributed by atoms with E-state index in [9.17, 15) is 24.6 Å². The van der Waals surface area contributed by atoms with Crippen LogP contribution >= 0.6 is 0 Å². The summed E-state index contributed by atoms with van der Waals surface area (Å²) in [7, 11) is 0. The summed E-state index contributed by atoms with van der Waals surface area (Å²) in [5.74, 6) is -0.183. The van der Waals surface area contributed by atoms with E-state index in [2.05, 4.69) is 25.6 Å². The number of nitrogens with zero attached hydrogens (tertiary/aromatic N) is 4. The molecule has 2 aromatic rings. The van der Waals surface area contributed by atoms with E-state index in [1.165, 1.54) is 19.6 Å². The first kappa shape index (κ1) is 24.9. The quantitative estimate of drug-likeness (QED) is 0.387. The Morgan fingerprint density at radius 2 is 1.94 bits per heavy atom. The van der Waals surface area contributed by atoms with Crippen LogP contribution in [-0.2, 0) is 19.1 Å². The lowest BCUT2D eigenvalue weighted by atomic mass is 9.93. The van der Waals surface area contributed by atoms with Crippen molar-refractivity contribution in [1.29, 1.82) is 0 Å². The van der Waals surface area contributed by atoms with Crippen molar-refractivity contribution in [2.24, 2.45) is 0 Å². The molecular formula is C22H30N6O7. The number of nitrogens with one attached hydrogen (secondary N) is 2. The molecule has 1 aliphatic heterocycles. The smallest absolute Gasteiger partial charge is 0.320 e. The predicted molar refractivity (Wildman–Crippen MR) is 121 cm³/mol. The number of carbonyl (C=O) groups excluding carboxylic acids is 3. The minimum atomic E-state index is -0.799. The maximum absolute atomic E-state index is 12.6. The van der Waals surface area contributed by atoms with Crippen LogP contribution in [0.5, 0.6) is 0 Å². The topological polar surface area (TPSA) is 178 Å². The number of aliphatic hydroxyl groups is 2. The van der Waals surface area contributed by atoms with Gasteiger partial charge in [0.1, 0.15) is 30.5 Å². The largest absolute Gasteiger partial charge is 0.462 e. The third-order valence-corrected chi connectivity index (χ3v) is 6.27. The number of carbonyl (C=O) groups is 3. The van der Waals surface area contributed by atoms with Crippen LogP contribution in [0.2, 0.25) is 0 Å². The number of aromatic nitrogens is 4. The number of anilines is 1. The molecule has 0 radical (unpaired) electrons. The molecule has 3 atom stereocenters. The molecule has 13 nitrogen and oxygen atoms in total. The van der Waals surface area contributed by atoms with Crippen LogP contribution in [0.1, 0.15) is 58.1 Å². The number of ketones is 1. The van der Waals surface area contributed by atoms with Gasteiger partial charge >= 0.3 is 12.0 Å². The van der Waals surface area contributed by atoms with Crippen LogP contribution in [0.3, 0.4) is 0 Å². The molecule has 2 aromatic heterocycles. The summed E-state index contributed by atoms with van der Waals surface area (Å²) in [6.45, 7) is 1.15. The summed E-state index contributed by atoms with van der Waals surface area (Å²) in [5.41, 5.74) is 0.799. The number of hydrogen-bond donors (Lipinski definition) is 4. The molecule has 4 N–H and O–H groups in total. The number of amides is 2. The van der Waals surface area contributed by atoms with Crippen LogP contribution in [0.15, 0.2) is 12.7 Å². The Morgan fingerprint density at radius 1 is 1.17 bits per heavy atom. The van der Waals surface area contributed by atoms with Gasteiger partial charge < -0.3 is 29.8 Å². The van der Waals surface area contributed by atoms with Gasteiger partial charge in [0.05, 0.1) is 25.5 Å². The summed E-state index contributed by atoms with van der Waals surface area (Å²) in [5, 5.41) is 24.9. The molecule has 2 aliphatic rings. The number of rotatable bonds is 8. The lowest BCUT2D eigenvalue weighted by Gasteiger charge is -2.28. The van der Waals surface area contributed by atoms with Crippen LogP contribution in [0.25, 0.3) is 11.2 Å². The second-order valence-electron chi connectivity index (χ2n) is 8.93. The Labute approximate surface area is 201 Å². The monoisotopic (exact) mass is 490 g/mol. The summed E-state index contributed by atoms with van der Waals surface area (Å²) in [4.78, 5) is 48.1. The van der Waals surface area contributed by atoms with Crippen molar-refractivity contribution in [3.05, 3.63) is 12.7 Å². The fourth-order valence-electron chi connectivity index (χ4n) is 4.38. The number of aliphatic hydroxyl groups excluding tert-OH is 2. The van der Waals surface area contributed by atoms with E-state index in [1.807, 2.05) is 0 Å². The molecule has 2 fully saturated rings. The number of fused-ring (bicyclic) bond motifs is 1. The first-order chi connectivity index (χ1) is 16.8. The highest BCUT2D eigenvalue weighted by Gasteiger charge is 2.35. The SMILES string of the molecule is CC(=O)CCC(=O)OC1CCC(NC(=O)Nc2ncnc3c2ncn3[C@H]2C[C@H](O)[C@@H](CO)O2)CC1. The highest BCUT2D eigenvalue weighted by molar-refractivity contribution is 5.96. The zero-order chi connectivity index (χ0) is 24.9. The van der Waals surface area contributed by atoms with Crippen molar-refractivity contribution in [3.8, 4) is 0 Å². The zero-order valence-electron chi connectivity index (χ0n) is 19.4. The minimum absolute atomic E-state index is 0.0467. The molecular weight excluding hydrogens is 460 g/mol. The van der Waals surface area contributed by atoms with Gasteiger partial charge in [-0.3, -0.25) is 14.7 Å². The number of Topliss-reactive ketones (excluding diaryl/α,β-unsaturated/α-hetero) is 1. The standard InChI is InChI=1S/C22H30N6O7/c1-12(30)2-7-18(32)34-14-5-3-13(4-6-14)26-22(33)27-20-19-21(24-10-23-20)28(11-25-19)17-8-15(31)16(9-29)35-17/h10-11,13-17,29,31H,2-9H2,1H3,(H2,23,24,26,27,33)/t13?,14?,15-,16+,17+/m0/s1. The van der Waals surface area contributed by atoms with Crippen molar-refractivity contribution in [2.45, 2.75) is 82.5 Å². The number of ether oxygens (including phenoxy) is 2. The first-order valence-electron chi connectivity index (χ1n) is 11.7. The summed E-state index contributed by atoms with van der Waals surface area (Å²) >= 11 is 0. The number of urea groups is 1. The Hall–Kier alpha value is -3.16. The molecule has 0 aromatic carbocycles. The third kappa shape index (κ3) is 6.10. The highest BCUT2D eigenvalue weighted by Crippen LogP contribution is 2.31. The summed E-state index contributed by atoms with van der Waals surface area (Å²) in [6.07, 6.45) is 3.68. The van der Waals surface area contributed by atoms with Gasteiger partial charge in [0, 0.05) is 18.9 Å². The van der Waals surface area contributed by atoms with Crippen molar-refractivity contribution in [3.63, 3.8) is 0 Å². The Balaban J connectivity index is 1.29.